The molecule has 0 saturated heterocycles. The topological polar surface area (TPSA) is 67.5 Å². The summed E-state index contributed by atoms with van der Waals surface area (Å²) in [5.41, 5.74) is 2.74. The number of aryl methyl sites for hydroxylation is 1. The standard InChI is InChI=1S/C13H16BClN2O3/c1-8-13(15)9(2)17(16-8)7-10-6-11(20-3)4-5-12(10)14(18)19/h4-6,18-19H,7H2,1-3H3. The van der Waals surface area contributed by atoms with E-state index in [4.69, 9.17) is 16.3 Å². The van der Waals surface area contributed by atoms with Crippen LogP contribution in [0.15, 0.2) is 18.2 Å². The second-order valence-electron chi connectivity index (χ2n) is 4.58. The molecular weight excluding hydrogens is 278 g/mol. The lowest BCUT2D eigenvalue weighted by atomic mass is 9.77. The summed E-state index contributed by atoms with van der Waals surface area (Å²) in [5.74, 6) is 0.650. The Bertz CT molecular complexity index is 628. The molecule has 1 aromatic carbocycles. The van der Waals surface area contributed by atoms with Crippen molar-refractivity contribution in [2.24, 2.45) is 0 Å². The van der Waals surface area contributed by atoms with E-state index >= 15 is 0 Å². The number of rotatable bonds is 4. The molecular formula is C13H16BClN2O3. The lowest BCUT2D eigenvalue weighted by molar-refractivity contribution is 0.413. The number of halogens is 1. The fraction of sp³-hybridized carbons (Fsp3) is 0.308. The van der Waals surface area contributed by atoms with Gasteiger partial charge in [0.25, 0.3) is 0 Å². The summed E-state index contributed by atoms with van der Waals surface area (Å²) in [6.45, 7) is 4.10. The second-order valence-corrected chi connectivity index (χ2v) is 4.96. The van der Waals surface area contributed by atoms with Crippen molar-refractivity contribution in [1.29, 1.82) is 0 Å². The third kappa shape index (κ3) is 2.82. The molecule has 0 fully saturated rings. The Labute approximate surface area is 122 Å². The van der Waals surface area contributed by atoms with E-state index in [1.165, 1.54) is 0 Å². The Kier molecular flexibility index (Phi) is 4.37. The maximum absolute atomic E-state index is 9.43. The van der Waals surface area contributed by atoms with Crippen molar-refractivity contribution >= 4 is 24.2 Å². The summed E-state index contributed by atoms with van der Waals surface area (Å²) < 4.78 is 6.90. The zero-order chi connectivity index (χ0) is 14.9. The summed E-state index contributed by atoms with van der Waals surface area (Å²) in [7, 11) is 0.0253. The van der Waals surface area contributed by atoms with E-state index in [-0.39, 0.29) is 0 Å². The molecule has 0 aliphatic carbocycles. The smallest absolute Gasteiger partial charge is 0.488 e. The van der Waals surface area contributed by atoms with Crippen LogP contribution >= 0.6 is 11.6 Å². The molecule has 2 rings (SSSR count). The van der Waals surface area contributed by atoms with Crippen LogP contribution in [0.3, 0.4) is 0 Å². The zero-order valence-electron chi connectivity index (χ0n) is 11.6. The van der Waals surface area contributed by atoms with Crippen LogP contribution in [-0.2, 0) is 6.54 Å². The Morgan fingerprint density at radius 1 is 1.35 bits per heavy atom. The molecule has 0 aliphatic heterocycles. The lowest BCUT2D eigenvalue weighted by Gasteiger charge is -2.12. The van der Waals surface area contributed by atoms with Gasteiger partial charge in [0.1, 0.15) is 5.75 Å². The molecule has 2 N–H and O–H groups in total. The molecule has 0 bridgehead atoms. The van der Waals surface area contributed by atoms with E-state index in [0.29, 0.717) is 22.8 Å². The minimum absolute atomic E-state index is 0.392. The maximum Gasteiger partial charge on any atom is 0.488 e. The number of nitrogens with zero attached hydrogens (tertiary/aromatic N) is 2. The van der Waals surface area contributed by atoms with Gasteiger partial charge in [0, 0.05) is 0 Å². The maximum atomic E-state index is 9.43. The molecule has 0 radical (unpaired) electrons. The highest BCUT2D eigenvalue weighted by Gasteiger charge is 2.18. The average molecular weight is 295 g/mol. The molecule has 20 heavy (non-hydrogen) atoms. The molecule has 1 heterocycles. The van der Waals surface area contributed by atoms with Crippen LogP contribution in [0.25, 0.3) is 0 Å². The van der Waals surface area contributed by atoms with Crippen LogP contribution in [-0.4, -0.2) is 34.1 Å². The number of aromatic nitrogens is 2. The minimum Gasteiger partial charge on any atom is -0.497 e. The third-order valence-electron chi connectivity index (χ3n) is 3.24. The Morgan fingerprint density at radius 3 is 2.55 bits per heavy atom. The number of ether oxygens (including phenoxy) is 1. The first kappa shape index (κ1) is 14.9. The highest BCUT2D eigenvalue weighted by Crippen LogP contribution is 2.20. The molecule has 106 valence electrons. The predicted octanol–water partition coefficient (Wildman–Crippen LogP) is 0.890. The summed E-state index contributed by atoms with van der Waals surface area (Å²) in [6.07, 6.45) is 0. The molecule has 0 saturated carbocycles. The second kappa shape index (κ2) is 5.87. The first-order valence-corrected chi connectivity index (χ1v) is 6.54. The van der Waals surface area contributed by atoms with Gasteiger partial charge in [-0.25, -0.2) is 0 Å². The van der Waals surface area contributed by atoms with Gasteiger partial charge in [-0.3, -0.25) is 4.68 Å². The van der Waals surface area contributed by atoms with Crippen LogP contribution in [0.4, 0.5) is 0 Å². The molecule has 0 amide bonds. The molecule has 0 aliphatic rings. The fourth-order valence-electron chi connectivity index (χ4n) is 2.09. The summed E-state index contributed by atoms with van der Waals surface area (Å²) in [6, 6.07) is 5.08. The van der Waals surface area contributed by atoms with Gasteiger partial charge < -0.3 is 14.8 Å². The van der Waals surface area contributed by atoms with Crippen LogP contribution in [0.5, 0.6) is 5.75 Å². The van der Waals surface area contributed by atoms with Gasteiger partial charge in [0.05, 0.1) is 30.1 Å². The summed E-state index contributed by atoms with van der Waals surface area (Å²) in [5, 5.41) is 23.8. The van der Waals surface area contributed by atoms with Crippen LogP contribution in [0.1, 0.15) is 17.0 Å². The average Bonchev–Trinajstić information content (AvgIpc) is 2.66. The molecule has 7 heteroatoms. The third-order valence-corrected chi connectivity index (χ3v) is 3.79. The largest absolute Gasteiger partial charge is 0.497 e. The summed E-state index contributed by atoms with van der Waals surface area (Å²) >= 11 is 6.12. The molecule has 5 nitrogen and oxygen atoms in total. The highest BCUT2D eigenvalue weighted by molar-refractivity contribution is 6.59. The Balaban J connectivity index is 2.43. The van der Waals surface area contributed by atoms with Crippen molar-refractivity contribution in [2.75, 3.05) is 7.11 Å². The van der Waals surface area contributed by atoms with Crippen molar-refractivity contribution < 1.29 is 14.8 Å². The van der Waals surface area contributed by atoms with E-state index in [1.54, 1.807) is 30.0 Å². The quantitative estimate of drug-likeness (QED) is 0.822. The SMILES string of the molecule is COc1ccc(B(O)O)c(Cn2nc(C)c(Cl)c2C)c1. The first-order valence-electron chi connectivity index (χ1n) is 6.16. The lowest BCUT2D eigenvalue weighted by Crippen LogP contribution is -2.33. The molecule has 0 atom stereocenters. The van der Waals surface area contributed by atoms with Gasteiger partial charge >= 0.3 is 7.12 Å². The zero-order valence-corrected chi connectivity index (χ0v) is 12.3. The first-order chi connectivity index (χ1) is 9.43. The number of benzene rings is 1. The molecule has 1 aromatic heterocycles. The van der Waals surface area contributed by atoms with E-state index < -0.39 is 7.12 Å². The van der Waals surface area contributed by atoms with E-state index in [0.717, 1.165) is 17.0 Å². The Morgan fingerprint density at radius 2 is 2.05 bits per heavy atom. The van der Waals surface area contributed by atoms with E-state index in [2.05, 4.69) is 5.10 Å². The molecule has 0 unspecified atom stereocenters. The van der Waals surface area contributed by atoms with Gasteiger partial charge in [0.15, 0.2) is 0 Å². The fourth-order valence-corrected chi connectivity index (χ4v) is 2.22. The van der Waals surface area contributed by atoms with Crippen LogP contribution in [0.2, 0.25) is 5.02 Å². The number of hydrogen-bond donors (Lipinski definition) is 2. The normalized spacial score (nSPS) is 10.7. The van der Waals surface area contributed by atoms with Crippen molar-refractivity contribution in [2.45, 2.75) is 20.4 Å². The van der Waals surface area contributed by atoms with Crippen molar-refractivity contribution in [3.63, 3.8) is 0 Å². The predicted molar refractivity (Wildman–Crippen MR) is 78.6 cm³/mol. The molecule has 0 spiro atoms. The minimum atomic E-state index is -1.54. The van der Waals surface area contributed by atoms with Crippen LogP contribution < -0.4 is 10.2 Å². The van der Waals surface area contributed by atoms with Gasteiger partial charge in [-0.2, -0.15) is 5.10 Å². The van der Waals surface area contributed by atoms with Gasteiger partial charge in [0.2, 0.25) is 0 Å². The number of hydrogen-bond acceptors (Lipinski definition) is 4. The van der Waals surface area contributed by atoms with Crippen molar-refractivity contribution in [3.05, 3.63) is 40.2 Å². The highest BCUT2D eigenvalue weighted by atomic mass is 35.5. The van der Waals surface area contributed by atoms with Gasteiger partial charge in [-0.05, 0) is 37.0 Å². The van der Waals surface area contributed by atoms with Crippen LogP contribution in [0, 0.1) is 13.8 Å². The van der Waals surface area contributed by atoms with Gasteiger partial charge in [-0.1, -0.05) is 17.7 Å². The monoisotopic (exact) mass is 294 g/mol. The van der Waals surface area contributed by atoms with Crippen molar-refractivity contribution in [1.82, 2.24) is 9.78 Å². The van der Waals surface area contributed by atoms with Gasteiger partial charge in [-0.15, -0.1) is 0 Å². The van der Waals surface area contributed by atoms with Crippen molar-refractivity contribution in [3.8, 4) is 5.75 Å². The molecule has 2 aromatic rings. The number of methoxy groups -OCH3 is 1. The summed E-state index contributed by atoms with van der Waals surface area (Å²) in [4.78, 5) is 0. The van der Waals surface area contributed by atoms with E-state index in [9.17, 15) is 10.0 Å². The van der Waals surface area contributed by atoms with E-state index in [1.807, 2.05) is 13.8 Å². The Hall–Kier alpha value is -1.50.